The zero-order valence-electron chi connectivity index (χ0n) is 3.61. The molecular formula is FMgO4PV-2. The molecule has 1 radical (unpaired) electrons. The molecule has 0 aliphatic rings. The Labute approximate surface area is 73.3 Å². The second kappa shape index (κ2) is 8.39. The molecule has 0 saturated carbocycles. The molecule has 0 amide bonds. The Balaban J connectivity index is -0.0000000267. The molecule has 0 N–H and O–H groups in total. The maximum absolute atomic E-state index is 8.55. The second-order valence-electron chi connectivity index (χ2n) is 0.447. The molecular weight excluding hydrogens is 189 g/mol. The van der Waals surface area contributed by atoms with Crippen molar-refractivity contribution in [1.29, 1.82) is 0 Å². The third-order valence-corrected chi connectivity index (χ3v) is 0. The van der Waals surface area contributed by atoms with Crippen LogP contribution in [0.3, 0.4) is 0 Å². The predicted octanol–water partition coefficient (Wildman–Crippen LogP) is -6.20. The van der Waals surface area contributed by atoms with Gasteiger partial charge in [0.25, 0.3) is 0 Å². The monoisotopic (exact) mass is 189 g/mol. The zero-order chi connectivity index (χ0) is 4.50. The van der Waals surface area contributed by atoms with Gasteiger partial charge in [0.15, 0.2) is 0 Å². The third-order valence-electron chi connectivity index (χ3n) is 0. The van der Waals surface area contributed by atoms with Crippen molar-refractivity contribution < 1.29 is 42.5 Å². The SMILES string of the molecule is O=P([O-])([O-])[O-].[F-].[Mg+2].[V]. The summed E-state index contributed by atoms with van der Waals surface area (Å²) in [5.41, 5.74) is 0. The van der Waals surface area contributed by atoms with Crippen molar-refractivity contribution in [3.05, 3.63) is 0 Å². The standard InChI is InChI=1S/FH.Mg.H3O4P.V/c;;1-5(2,3)4;/h1H;;(H3,1,2,3,4);/q;+2;;/p-4. The van der Waals surface area contributed by atoms with Gasteiger partial charge in [0.05, 0.1) is 0 Å². The molecule has 0 fully saturated rings. The summed E-state index contributed by atoms with van der Waals surface area (Å²) in [5, 5.41) is 0. The van der Waals surface area contributed by atoms with Gasteiger partial charge in [-0.05, 0) is 0 Å². The molecule has 0 aromatic rings. The van der Waals surface area contributed by atoms with Crippen LogP contribution >= 0.6 is 7.82 Å². The molecule has 45 valence electrons. The molecule has 0 bridgehead atoms. The fourth-order valence-electron chi connectivity index (χ4n) is 0. The largest absolute Gasteiger partial charge is 2.00 e. The van der Waals surface area contributed by atoms with E-state index in [4.69, 9.17) is 19.2 Å². The molecule has 0 heterocycles. The first kappa shape index (κ1) is 22.8. The van der Waals surface area contributed by atoms with Gasteiger partial charge in [0.2, 0.25) is 0 Å². The van der Waals surface area contributed by atoms with E-state index in [9.17, 15) is 0 Å². The molecule has 8 heavy (non-hydrogen) atoms. The quantitative estimate of drug-likeness (QED) is 0.280. The Morgan fingerprint density at radius 2 is 1.12 bits per heavy atom. The number of halogens is 1. The first-order valence-electron chi connectivity index (χ1n) is 0.730. The van der Waals surface area contributed by atoms with Crippen LogP contribution < -0.4 is 19.4 Å². The van der Waals surface area contributed by atoms with Gasteiger partial charge >= 0.3 is 23.1 Å². The van der Waals surface area contributed by atoms with Crippen LogP contribution in [0.15, 0.2) is 0 Å². The molecule has 0 spiro atoms. The number of rotatable bonds is 0. The Kier molecular flexibility index (Phi) is 23.9. The van der Waals surface area contributed by atoms with E-state index in [0.717, 1.165) is 0 Å². The minimum Gasteiger partial charge on any atom is -1.00 e. The van der Waals surface area contributed by atoms with Crippen LogP contribution in [0, 0.1) is 0 Å². The van der Waals surface area contributed by atoms with Crippen LogP contribution in [0.1, 0.15) is 0 Å². The molecule has 0 aromatic carbocycles. The first-order chi connectivity index (χ1) is 2.00. The van der Waals surface area contributed by atoms with Crippen LogP contribution in [-0.4, -0.2) is 23.1 Å². The third kappa shape index (κ3) is 156. The van der Waals surface area contributed by atoms with Crippen molar-refractivity contribution in [3.63, 3.8) is 0 Å². The topological polar surface area (TPSA) is 86.2 Å². The summed E-state index contributed by atoms with van der Waals surface area (Å²) in [7, 11) is -5.39. The summed E-state index contributed by atoms with van der Waals surface area (Å²) in [6.45, 7) is 0. The van der Waals surface area contributed by atoms with Gasteiger partial charge < -0.3 is 23.9 Å². The molecule has 0 saturated heterocycles. The summed E-state index contributed by atoms with van der Waals surface area (Å²) in [4.78, 5) is 25.6. The minimum absolute atomic E-state index is 0. The van der Waals surface area contributed by atoms with Crippen molar-refractivity contribution in [2.45, 2.75) is 0 Å². The number of hydrogen-bond acceptors (Lipinski definition) is 4. The molecule has 8 heteroatoms. The molecule has 4 nitrogen and oxygen atoms in total. The van der Waals surface area contributed by atoms with E-state index in [1.54, 1.807) is 0 Å². The number of hydrogen-bond donors (Lipinski definition) is 0. The maximum Gasteiger partial charge on any atom is 2.00 e. The first-order valence-corrected chi connectivity index (χ1v) is 2.19. The van der Waals surface area contributed by atoms with Gasteiger partial charge in [-0.2, -0.15) is 7.82 Å². The van der Waals surface area contributed by atoms with Gasteiger partial charge in [0.1, 0.15) is 0 Å². The van der Waals surface area contributed by atoms with Gasteiger partial charge in [-0.25, -0.2) is 0 Å². The summed E-state index contributed by atoms with van der Waals surface area (Å²) >= 11 is 0. The van der Waals surface area contributed by atoms with Crippen LogP contribution in [-0.2, 0) is 23.1 Å². The summed E-state index contributed by atoms with van der Waals surface area (Å²) in [6.07, 6.45) is 0. The Bertz CT molecular complexity index is 62.2. The minimum atomic E-state index is -5.39. The van der Waals surface area contributed by atoms with E-state index < -0.39 is 7.82 Å². The predicted molar refractivity (Wildman–Crippen MR) is 13.4 cm³/mol. The van der Waals surface area contributed by atoms with Gasteiger partial charge in [-0.3, -0.25) is 0 Å². The van der Waals surface area contributed by atoms with E-state index in [1.165, 1.54) is 0 Å². The second-order valence-corrected chi connectivity index (χ2v) is 1.34. The Morgan fingerprint density at radius 1 is 1.12 bits per heavy atom. The average molecular weight is 189 g/mol. The number of phosphoric acid groups is 1. The van der Waals surface area contributed by atoms with Crippen molar-refractivity contribution in [1.82, 2.24) is 0 Å². The van der Waals surface area contributed by atoms with Gasteiger partial charge in [-0.1, -0.05) is 0 Å². The van der Waals surface area contributed by atoms with E-state index in [0.29, 0.717) is 0 Å². The van der Waals surface area contributed by atoms with Crippen molar-refractivity contribution >= 4 is 30.9 Å². The van der Waals surface area contributed by atoms with E-state index >= 15 is 0 Å². The van der Waals surface area contributed by atoms with Crippen molar-refractivity contribution in [2.24, 2.45) is 0 Å². The average Bonchev–Trinajstić information content (AvgIpc) is 0.722. The van der Waals surface area contributed by atoms with Crippen LogP contribution in [0.5, 0.6) is 0 Å². The molecule has 0 atom stereocenters. The van der Waals surface area contributed by atoms with Gasteiger partial charge in [0, 0.05) is 18.6 Å². The van der Waals surface area contributed by atoms with Crippen LogP contribution in [0.2, 0.25) is 0 Å². The molecule has 0 aromatic heterocycles. The molecule has 0 rings (SSSR count). The smallest absolute Gasteiger partial charge is 1.00 e. The summed E-state index contributed by atoms with van der Waals surface area (Å²) in [6, 6.07) is 0. The van der Waals surface area contributed by atoms with E-state index in [2.05, 4.69) is 0 Å². The van der Waals surface area contributed by atoms with Gasteiger partial charge in [-0.15, -0.1) is 0 Å². The fourth-order valence-corrected chi connectivity index (χ4v) is 0. The molecule has 0 unspecified atom stereocenters. The normalized spacial score (nSPS) is 7.38. The van der Waals surface area contributed by atoms with Crippen LogP contribution in [0.25, 0.3) is 0 Å². The summed E-state index contributed by atoms with van der Waals surface area (Å²) in [5.74, 6) is 0. The van der Waals surface area contributed by atoms with E-state index in [1.807, 2.05) is 0 Å². The Hall–Kier alpha value is 1.39. The van der Waals surface area contributed by atoms with Crippen LogP contribution in [0.4, 0.5) is 0 Å². The molecule has 0 aliphatic carbocycles. The van der Waals surface area contributed by atoms with Crippen molar-refractivity contribution in [2.75, 3.05) is 0 Å². The maximum atomic E-state index is 8.55. The molecule has 0 aliphatic heterocycles. The van der Waals surface area contributed by atoms with Crippen molar-refractivity contribution in [3.8, 4) is 0 Å². The fraction of sp³-hybridized carbons (Fsp3) is 0. The Morgan fingerprint density at radius 3 is 1.12 bits per heavy atom. The van der Waals surface area contributed by atoms with E-state index in [-0.39, 0.29) is 46.3 Å². The zero-order valence-corrected chi connectivity index (χ0v) is 7.32. The summed E-state index contributed by atoms with van der Waals surface area (Å²) < 4.78 is 8.55.